The van der Waals surface area contributed by atoms with Gasteiger partial charge in [0.25, 0.3) is 7.44 Å². The average Bonchev–Trinajstić information content (AvgIpc) is 2.93. The highest BCUT2D eigenvalue weighted by Crippen LogP contribution is 2.44. The Kier molecular flexibility index (Phi) is 7.02. The van der Waals surface area contributed by atoms with E-state index in [0.717, 1.165) is 34.1 Å². The van der Waals surface area contributed by atoms with E-state index < -0.39 is 7.44 Å². The molecule has 5 aromatic rings. The van der Waals surface area contributed by atoms with Crippen LogP contribution in [0.4, 0.5) is 34.1 Å². The number of hydrogen-bond acceptors (Lipinski definition) is 3. The summed E-state index contributed by atoms with van der Waals surface area (Å²) in [7, 11) is -3.22. The Morgan fingerprint density at radius 3 is 1.06 bits per heavy atom. The van der Waals surface area contributed by atoms with E-state index in [4.69, 9.17) is 0 Å². The molecule has 36 heavy (non-hydrogen) atoms. The van der Waals surface area contributed by atoms with Crippen molar-refractivity contribution in [2.24, 2.45) is 0 Å². The molecule has 0 radical (unpaired) electrons. The molecular formula is C30H27N4OP. The summed E-state index contributed by atoms with van der Waals surface area (Å²) in [5.41, 5.74) is 5.46. The summed E-state index contributed by atoms with van der Waals surface area (Å²) in [5, 5.41) is 14.0. The van der Waals surface area contributed by atoms with E-state index in [1.54, 1.807) is 0 Å². The van der Waals surface area contributed by atoms with Crippen LogP contribution < -0.4 is 26.1 Å². The molecule has 0 spiro atoms. The van der Waals surface area contributed by atoms with Gasteiger partial charge in [0, 0.05) is 34.1 Å². The van der Waals surface area contributed by atoms with Gasteiger partial charge in [-0.2, -0.15) is 0 Å². The van der Waals surface area contributed by atoms with E-state index >= 15 is 0 Å². The molecule has 0 unspecified atom stereocenters. The Morgan fingerprint density at radius 2 is 0.667 bits per heavy atom. The van der Waals surface area contributed by atoms with E-state index in [1.807, 2.05) is 140 Å². The van der Waals surface area contributed by atoms with Crippen molar-refractivity contribution < 1.29 is 4.57 Å². The normalized spacial score (nSPS) is 10.9. The zero-order valence-corrected chi connectivity index (χ0v) is 20.5. The lowest BCUT2D eigenvalue weighted by atomic mass is 10.2. The van der Waals surface area contributed by atoms with E-state index in [0.29, 0.717) is 5.30 Å². The minimum absolute atomic E-state index is 0.697. The number of hydrogen-bond donors (Lipinski definition) is 4. The maximum atomic E-state index is 14.3. The molecule has 5 nitrogen and oxygen atoms in total. The van der Waals surface area contributed by atoms with Crippen molar-refractivity contribution in [2.45, 2.75) is 0 Å². The van der Waals surface area contributed by atoms with Crippen LogP contribution in [0.2, 0.25) is 0 Å². The van der Waals surface area contributed by atoms with E-state index in [1.165, 1.54) is 0 Å². The maximum Gasteiger partial charge on any atom is 0.287 e. The van der Waals surface area contributed by atoms with Crippen LogP contribution in [0.1, 0.15) is 0 Å². The molecule has 178 valence electrons. The smallest absolute Gasteiger partial charge is 0.287 e. The molecule has 0 fully saturated rings. The monoisotopic (exact) mass is 490 g/mol. The van der Waals surface area contributed by atoms with Crippen molar-refractivity contribution in [2.75, 3.05) is 20.8 Å². The van der Waals surface area contributed by atoms with Gasteiger partial charge in [-0.1, -0.05) is 54.6 Å². The van der Waals surface area contributed by atoms with Crippen LogP contribution in [0.25, 0.3) is 0 Å². The molecule has 5 aromatic carbocycles. The van der Waals surface area contributed by atoms with Gasteiger partial charge in [-0.15, -0.1) is 0 Å². The van der Waals surface area contributed by atoms with Gasteiger partial charge in [-0.25, -0.2) is 0 Å². The largest absolute Gasteiger partial charge is 0.356 e. The third-order valence-corrected chi connectivity index (χ3v) is 7.76. The Bertz CT molecular complexity index is 1340. The summed E-state index contributed by atoms with van der Waals surface area (Å²) >= 11 is 0. The van der Waals surface area contributed by atoms with Gasteiger partial charge in [0.1, 0.15) is 0 Å². The van der Waals surface area contributed by atoms with Gasteiger partial charge in [0.05, 0.1) is 5.30 Å². The second-order valence-electron chi connectivity index (χ2n) is 8.31. The third kappa shape index (κ3) is 5.96. The molecule has 6 heteroatoms. The highest BCUT2D eigenvalue weighted by molar-refractivity contribution is 7.74. The third-order valence-electron chi connectivity index (χ3n) is 5.59. The van der Waals surface area contributed by atoms with Crippen LogP contribution in [0.3, 0.4) is 0 Å². The summed E-state index contributed by atoms with van der Waals surface area (Å²) in [6, 6.07) is 45.0. The molecule has 0 heterocycles. The molecule has 0 atom stereocenters. The first kappa shape index (κ1) is 23.3. The summed E-state index contributed by atoms with van der Waals surface area (Å²) in [6.45, 7) is 0. The van der Waals surface area contributed by atoms with Gasteiger partial charge >= 0.3 is 0 Å². The molecule has 0 aliphatic rings. The fourth-order valence-electron chi connectivity index (χ4n) is 3.79. The molecule has 0 aliphatic heterocycles. The van der Waals surface area contributed by atoms with Crippen LogP contribution in [0.5, 0.6) is 0 Å². The summed E-state index contributed by atoms with van der Waals surface area (Å²) in [6.07, 6.45) is 0. The summed E-state index contributed by atoms with van der Waals surface area (Å²) in [5.74, 6) is 0. The molecular weight excluding hydrogens is 463 g/mol. The number of para-hydroxylation sites is 2. The van der Waals surface area contributed by atoms with Gasteiger partial charge < -0.3 is 20.8 Å². The predicted octanol–water partition coefficient (Wildman–Crippen LogP) is 8.22. The fourth-order valence-corrected chi connectivity index (χ4v) is 5.72. The molecule has 0 aromatic heterocycles. The van der Waals surface area contributed by atoms with Gasteiger partial charge in [0.15, 0.2) is 0 Å². The van der Waals surface area contributed by atoms with Crippen molar-refractivity contribution in [1.82, 2.24) is 0 Å². The van der Waals surface area contributed by atoms with Crippen LogP contribution in [-0.4, -0.2) is 0 Å². The Hall–Kier alpha value is -4.47. The molecule has 0 saturated heterocycles. The summed E-state index contributed by atoms with van der Waals surface area (Å²) in [4.78, 5) is 0. The van der Waals surface area contributed by atoms with E-state index in [-0.39, 0.29) is 0 Å². The molecule has 0 amide bonds. The highest BCUT2D eigenvalue weighted by Gasteiger charge is 2.25. The van der Waals surface area contributed by atoms with Crippen LogP contribution >= 0.6 is 7.44 Å². The molecule has 5 rings (SSSR count). The Labute approximate surface area is 211 Å². The minimum Gasteiger partial charge on any atom is -0.356 e. The lowest BCUT2D eigenvalue weighted by Crippen LogP contribution is -2.18. The zero-order valence-electron chi connectivity index (χ0n) is 19.6. The Morgan fingerprint density at radius 1 is 0.361 bits per heavy atom. The van der Waals surface area contributed by atoms with Crippen LogP contribution in [0.15, 0.2) is 140 Å². The van der Waals surface area contributed by atoms with Crippen molar-refractivity contribution in [1.29, 1.82) is 0 Å². The number of nitrogens with one attached hydrogen (secondary N) is 4. The lowest BCUT2D eigenvalue weighted by molar-refractivity contribution is 0.587. The quantitative estimate of drug-likeness (QED) is 0.157. The van der Waals surface area contributed by atoms with Crippen LogP contribution in [-0.2, 0) is 4.57 Å². The first-order valence-corrected chi connectivity index (χ1v) is 13.4. The van der Waals surface area contributed by atoms with E-state index in [9.17, 15) is 4.57 Å². The molecule has 0 aliphatic carbocycles. The van der Waals surface area contributed by atoms with Crippen molar-refractivity contribution in [3.63, 3.8) is 0 Å². The molecule has 4 N–H and O–H groups in total. The van der Waals surface area contributed by atoms with Crippen molar-refractivity contribution in [3.05, 3.63) is 140 Å². The summed E-state index contributed by atoms with van der Waals surface area (Å²) < 4.78 is 14.3. The second kappa shape index (κ2) is 10.9. The number of rotatable bonds is 9. The van der Waals surface area contributed by atoms with Crippen LogP contribution in [0, 0.1) is 0 Å². The zero-order chi connectivity index (χ0) is 24.6. The van der Waals surface area contributed by atoms with Gasteiger partial charge in [0.2, 0.25) is 0 Å². The standard InChI is InChI=1S/C30H27N4OP/c35-36(30-14-8-3-9-15-30,33-28-20-16-26(17-21-28)31-24-10-4-1-5-11-24)34-29-22-18-27(19-23-29)32-25-12-6-2-7-13-25/h1-23,31-32H,(H2,33,34,35). The average molecular weight is 491 g/mol. The van der Waals surface area contributed by atoms with Gasteiger partial charge in [-0.05, 0) is 84.9 Å². The second-order valence-corrected chi connectivity index (χ2v) is 10.5. The predicted molar refractivity (Wildman–Crippen MR) is 153 cm³/mol. The van der Waals surface area contributed by atoms with E-state index in [2.05, 4.69) is 20.8 Å². The molecule has 0 bridgehead atoms. The lowest BCUT2D eigenvalue weighted by Gasteiger charge is -2.23. The van der Waals surface area contributed by atoms with Crippen molar-refractivity contribution >= 4 is 46.9 Å². The van der Waals surface area contributed by atoms with Gasteiger partial charge in [-0.3, -0.25) is 4.57 Å². The number of anilines is 6. The SMILES string of the molecule is O=P(Nc1ccc(Nc2ccccc2)cc1)(Nc1ccc(Nc2ccccc2)cc1)c1ccccc1. The maximum absolute atomic E-state index is 14.3. The fraction of sp³-hybridized carbons (Fsp3) is 0. The molecule has 0 saturated carbocycles. The number of benzene rings is 5. The first-order valence-electron chi connectivity index (χ1n) is 11.7. The van der Waals surface area contributed by atoms with Crippen molar-refractivity contribution in [3.8, 4) is 0 Å². The minimum atomic E-state index is -3.22. The topological polar surface area (TPSA) is 65.2 Å². The highest BCUT2D eigenvalue weighted by atomic mass is 31.2. The first-order chi connectivity index (χ1) is 17.7. The Balaban J connectivity index is 1.33.